The summed E-state index contributed by atoms with van der Waals surface area (Å²) in [5, 5.41) is 13.3. The van der Waals surface area contributed by atoms with Gasteiger partial charge in [0.1, 0.15) is 5.69 Å². The van der Waals surface area contributed by atoms with Gasteiger partial charge in [-0.3, -0.25) is 4.98 Å². The second-order valence-electron chi connectivity index (χ2n) is 6.47. The highest BCUT2D eigenvalue weighted by atomic mass is 16.5. The van der Waals surface area contributed by atoms with Crippen molar-refractivity contribution < 1.29 is 4.74 Å². The van der Waals surface area contributed by atoms with Crippen LogP contribution in [0, 0.1) is 13.8 Å². The molecular formula is C18H18N8O. The maximum absolute atomic E-state index is 5.93. The molecule has 9 heteroatoms. The summed E-state index contributed by atoms with van der Waals surface area (Å²) in [6, 6.07) is 3.85. The van der Waals surface area contributed by atoms with Gasteiger partial charge in [0.05, 0.1) is 35.3 Å². The topological polar surface area (TPSA) is 95.6 Å². The summed E-state index contributed by atoms with van der Waals surface area (Å²) in [5.74, 6) is 0.996. The number of nitrogens with one attached hydrogen (secondary N) is 1. The van der Waals surface area contributed by atoms with E-state index in [4.69, 9.17) is 4.74 Å². The molecule has 0 aliphatic carbocycles. The van der Waals surface area contributed by atoms with Gasteiger partial charge in [0.25, 0.3) is 5.88 Å². The van der Waals surface area contributed by atoms with Crippen molar-refractivity contribution in [2.45, 2.75) is 26.8 Å². The van der Waals surface area contributed by atoms with Crippen LogP contribution in [0.1, 0.15) is 17.8 Å². The lowest BCUT2D eigenvalue weighted by molar-refractivity contribution is 0.288. The lowest BCUT2D eigenvalue weighted by Gasteiger charge is -2.05. The minimum atomic E-state index is 0.484. The molecule has 1 aliphatic rings. The molecule has 9 nitrogen and oxygen atoms in total. The number of rotatable bonds is 1. The fraction of sp³-hybridized carbons (Fsp3) is 0.278. The molecular weight excluding hydrogens is 344 g/mol. The summed E-state index contributed by atoms with van der Waals surface area (Å²) in [6.07, 6.45) is 6.23. The van der Waals surface area contributed by atoms with Crippen LogP contribution in [0.15, 0.2) is 30.7 Å². The largest absolute Gasteiger partial charge is 0.475 e. The number of hydrogen-bond acceptors (Lipinski definition) is 7. The Morgan fingerprint density at radius 3 is 2.96 bits per heavy atom. The maximum Gasteiger partial charge on any atom is 0.257 e. The molecule has 5 rings (SSSR count). The van der Waals surface area contributed by atoms with Crippen LogP contribution in [0.4, 0.5) is 11.6 Å². The van der Waals surface area contributed by atoms with Crippen molar-refractivity contribution in [3.8, 4) is 11.6 Å². The standard InChI is InChI=1S/C18H18N8O/c1-11-13-9-20-18-21-14-10-26(15-5-3-6-19-12(15)2)24-17(14)27-8-4-7-25(23-11)16(13)22-18/h3,5-6,9-10H,4,7-8H2,1-2H3,(H,20,21,22). The van der Waals surface area contributed by atoms with Crippen molar-refractivity contribution in [1.82, 2.24) is 34.5 Å². The summed E-state index contributed by atoms with van der Waals surface area (Å²) < 4.78 is 9.60. The summed E-state index contributed by atoms with van der Waals surface area (Å²) in [7, 11) is 0. The van der Waals surface area contributed by atoms with Gasteiger partial charge in [-0.2, -0.15) is 10.1 Å². The van der Waals surface area contributed by atoms with Crippen LogP contribution < -0.4 is 10.1 Å². The molecule has 0 aromatic carbocycles. The van der Waals surface area contributed by atoms with Crippen LogP contribution in [0.2, 0.25) is 0 Å². The molecule has 0 unspecified atom stereocenters. The molecule has 0 saturated heterocycles. The van der Waals surface area contributed by atoms with E-state index >= 15 is 0 Å². The summed E-state index contributed by atoms with van der Waals surface area (Å²) in [4.78, 5) is 13.4. The first-order chi connectivity index (χ1) is 13.2. The molecule has 4 aromatic heterocycles. The molecule has 1 N–H and O–H groups in total. The molecule has 5 heterocycles. The van der Waals surface area contributed by atoms with Crippen LogP contribution in [-0.4, -0.2) is 41.1 Å². The molecule has 2 bridgehead atoms. The van der Waals surface area contributed by atoms with Gasteiger partial charge in [-0.15, -0.1) is 5.10 Å². The van der Waals surface area contributed by atoms with Gasteiger partial charge in [-0.05, 0) is 26.0 Å². The smallest absolute Gasteiger partial charge is 0.257 e. The van der Waals surface area contributed by atoms with Gasteiger partial charge < -0.3 is 10.1 Å². The van der Waals surface area contributed by atoms with E-state index < -0.39 is 0 Å². The third kappa shape index (κ3) is 2.67. The molecule has 0 amide bonds. The van der Waals surface area contributed by atoms with Crippen LogP contribution in [-0.2, 0) is 6.54 Å². The number of aryl methyl sites for hydroxylation is 3. The Hall–Kier alpha value is -3.49. The minimum absolute atomic E-state index is 0.484. The molecule has 0 saturated carbocycles. The molecule has 0 atom stereocenters. The monoisotopic (exact) mass is 362 g/mol. The van der Waals surface area contributed by atoms with Gasteiger partial charge >= 0.3 is 0 Å². The van der Waals surface area contributed by atoms with Crippen molar-refractivity contribution in [3.05, 3.63) is 42.1 Å². The summed E-state index contributed by atoms with van der Waals surface area (Å²) >= 11 is 0. The Labute approximate surface area is 155 Å². The number of fused-ring (bicyclic) bond motifs is 2. The van der Waals surface area contributed by atoms with E-state index in [1.165, 1.54) is 0 Å². The molecule has 0 fully saturated rings. The number of hydrogen-bond donors (Lipinski definition) is 1. The number of ether oxygens (including phenoxy) is 1. The van der Waals surface area contributed by atoms with E-state index in [9.17, 15) is 0 Å². The molecule has 0 spiro atoms. The van der Waals surface area contributed by atoms with Crippen LogP contribution in [0.25, 0.3) is 16.7 Å². The van der Waals surface area contributed by atoms with Crippen molar-refractivity contribution >= 4 is 22.7 Å². The van der Waals surface area contributed by atoms with E-state index in [-0.39, 0.29) is 0 Å². The van der Waals surface area contributed by atoms with Crippen molar-refractivity contribution in [2.75, 3.05) is 11.9 Å². The van der Waals surface area contributed by atoms with E-state index in [1.54, 1.807) is 17.1 Å². The minimum Gasteiger partial charge on any atom is -0.475 e. The quantitative estimate of drug-likeness (QED) is 0.556. The Kier molecular flexibility index (Phi) is 3.52. The Bertz CT molecular complexity index is 1150. The van der Waals surface area contributed by atoms with Gasteiger partial charge in [-0.25, -0.2) is 14.3 Å². The van der Waals surface area contributed by atoms with Crippen LogP contribution in [0.3, 0.4) is 0 Å². The van der Waals surface area contributed by atoms with Crippen molar-refractivity contribution in [3.63, 3.8) is 0 Å². The molecule has 1 aliphatic heterocycles. The third-order valence-corrected chi connectivity index (χ3v) is 4.58. The average molecular weight is 362 g/mol. The molecule has 0 radical (unpaired) electrons. The lowest BCUT2D eigenvalue weighted by Crippen LogP contribution is -2.07. The normalized spacial score (nSPS) is 13.7. The van der Waals surface area contributed by atoms with Gasteiger partial charge in [0.2, 0.25) is 5.95 Å². The van der Waals surface area contributed by atoms with Crippen LogP contribution in [0.5, 0.6) is 5.88 Å². The number of anilines is 2. The van der Waals surface area contributed by atoms with Gasteiger partial charge in [-0.1, -0.05) is 0 Å². The Balaban J connectivity index is 1.60. The predicted octanol–water partition coefficient (Wildman–Crippen LogP) is 2.55. The Morgan fingerprint density at radius 2 is 2.07 bits per heavy atom. The van der Waals surface area contributed by atoms with Crippen molar-refractivity contribution in [2.24, 2.45) is 0 Å². The number of pyridine rings is 1. The highest BCUT2D eigenvalue weighted by molar-refractivity contribution is 5.78. The van der Waals surface area contributed by atoms with Crippen molar-refractivity contribution in [1.29, 1.82) is 0 Å². The first kappa shape index (κ1) is 15.7. The zero-order chi connectivity index (χ0) is 18.4. The fourth-order valence-corrected chi connectivity index (χ4v) is 3.22. The SMILES string of the molecule is Cc1ncccc1-n1cc2c(n1)OCCCn1nc(C)c3cnc(nc31)N2. The lowest BCUT2D eigenvalue weighted by atomic mass is 10.3. The number of aromatic nitrogens is 7. The highest BCUT2D eigenvalue weighted by Crippen LogP contribution is 2.29. The number of nitrogens with zero attached hydrogens (tertiary/aromatic N) is 7. The van der Waals surface area contributed by atoms with Crippen LogP contribution >= 0.6 is 0 Å². The van der Waals surface area contributed by atoms with E-state index in [0.29, 0.717) is 24.1 Å². The van der Waals surface area contributed by atoms with E-state index in [0.717, 1.165) is 41.1 Å². The Morgan fingerprint density at radius 1 is 1.15 bits per heavy atom. The summed E-state index contributed by atoms with van der Waals surface area (Å²) in [6.45, 7) is 5.17. The molecule has 136 valence electrons. The third-order valence-electron chi connectivity index (χ3n) is 4.58. The second-order valence-corrected chi connectivity index (χ2v) is 6.47. The predicted molar refractivity (Wildman–Crippen MR) is 99.6 cm³/mol. The van der Waals surface area contributed by atoms with E-state index in [1.807, 2.05) is 36.9 Å². The molecule has 4 aromatic rings. The average Bonchev–Trinajstić information content (AvgIpc) is 3.19. The zero-order valence-electron chi connectivity index (χ0n) is 15.0. The highest BCUT2D eigenvalue weighted by Gasteiger charge is 2.17. The summed E-state index contributed by atoms with van der Waals surface area (Å²) in [5.41, 5.74) is 4.24. The molecule has 27 heavy (non-hydrogen) atoms. The van der Waals surface area contributed by atoms with Gasteiger partial charge in [0, 0.05) is 25.4 Å². The first-order valence-corrected chi connectivity index (χ1v) is 8.81. The van der Waals surface area contributed by atoms with E-state index in [2.05, 4.69) is 30.5 Å². The first-order valence-electron chi connectivity index (χ1n) is 8.81. The van der Waals surface area contributed by atoms with Gasteiger partial charge in [0.15, 0.2) is 5.65 Å². The fourth-order valence-electron chi connectivity index (χ4n) is 3.22. The maximum atomic E-state index is 5.93. The zero-order valence-corrected chi connectivity index (χ0v) is 15.0. The second kappa shape index (κ2) is 6.04.